The maximum Gasteiger partial charge on any atom is 0.416 e. The van der Waals surface area contributed by atoms with Gasteiger partial charge in [-0.05, 0) is 68.0 Å². The third kappa shape index (κ3) is 5.55. The number of urea groups is 1. The van der Waals surface area contributed by atoms with Crippen molar-refractivity contribution >= 4 is 23.5 Å². The molecule has 4 atom stereocenters. The number of carbonyl (C=O) groups excluding carboxylic acids is 2. The zero-order valence-corrected chi connectivity index (χ0v) is 24.1. The number of nitrogens with zero attached hydrogens (tertiary/aromatic N) is 3. The molecule has 40 heavy (non-hydrogen) atoms. The Morgan fingerprint density at radius 3 is 2.52 bits per heavy atom. The molecule has 2 aliphatic heterocycles. The van der Waals surface area contributed by atoms with Crippen molar-refractivity contribution in [2.75, 3.05) is 26.7 Å². The SMILES string of the molecule is CCCC1(CCO)C[C@H]2[C@H](c3ccccc3C)N(C(=O)N(C)[C@H](C)c3cc(Cl)cc(C(F)(F)F)c3)CCN2C1=O. The highest BCUT2D eigenvalue weighted by molar-refractivity contribution is 6.30. The van der Waals surface area contributed by atoms with Gasteiger partial charge >= 0.3 is 12.2 Å². The fourth-order valence-corrected chi connectivity index (χ4v) is 6.76. The number of aliphatic hydroxyl groups is 1. The second-order valence-corrected chi connectivity index (χ2v) is 11.5. The minimum Gasteiger partial charge on any atom is -0.396 e. The van der Waals surface area contributed by atoms with Crippen LogP contribution in [0.2, 0.25) is 5.02 Å². The molecular formula is C30H37ClF3N3O3. The van der Waals surface area contributed by atoms with E-state index in [1.165, 1.54) is 11.0 Å². The number of alkyl halides is 3. The summed E-state index contributed by atoms with van der Waals surface area (Å²) in [7, 11) is 1.58. The first-order valence-electron chi connectivity index (χ1n) is 13.7. The van der Waals surface area contributed by atoms with Crippen molar-refractivity contribution in [3.8, 4) is 0 Å². The van der Waals surface area contributed by atoms with Gasteiger partial charge in [-0.25, -0.2) is 4.79 Å². The van der Waals surface area contributed by atoms with Crippen molar-refractivity contribution in [3.05, 3.63) is 69.7 Å². The molecule has 4 rings (SSSR count). The first kappa shape index (κ1) is 30.2. The van der Waals surface area contributed by atoms with E-state index in [9.17, 15) is 27.9 Å². The third-order valence-corrected chi connectivity index (χ3v) is 8.90. The number of aliphatic hydroxyl groups excluding tert-OH is 1. The molecule has 2 saturated heterocycles. The standard InChI is InChI=1S/C30H37ClF3N3O3/c1-5-10-29(11-14-38)18-25-26(24-9-7-6-8-19(24)2)37(13-12-36(25)27(29)39)28(40)35(4)20(3)21-15-22(30(32,33)34)17-23(31)16-21/h6-9,15-17,20,25-26,38H,5,10-14,18H2,1-4H3/t20-,25+,26+,29?/m1/s1. The van der Waals surface area contributed by atoms with E-state index < -0.39 is 29.2 Å². The van der Waals surface area contributed by atoms with E-state index in [1.54, 1.807) is 18.9 Å². The Hall–Kier alpha value is -2.78. The highest BCUT2D eigenvalue weighted by atomic mass is 35.5. The molecule has 10 heteroatoms. The van der Waals surface area contributed by atoms with Crippen LogP contribution in [0.1, 0.15) is 73.9 Å². The largest absolute Gasteiger partial charge is 0.416 e. The smallest absolute Gasteiger partial charge is 0.396 e. The van der Waals surface area contributed by atoms with Crippen LogP contribution in [0.25, 0.3) is 0 Å². The van der Waals surface area contributed by atoms with Gasteiger partial charge in [0.25, 0.3) is 0 Å². The lowest BCUT2D eigenvalue weighted by molar-refractivity contribution is -0.140. The predicted molar refractivity (Wildman–Crippen MR) is 148 cm³/mol. The number of carbonyl (C=O) groups is 2. The summed E-state index contributed by atoms with van der Waals surface area (Å²) in [6.07, 6.45) is -2.23. The molecule has 0 saturated carbocycles. The van der Waals surface area contributed by atoms with Crippen LogP contribution in [0.15, 0.2) is 42.5 Å². The number of halogens is 4. The predicted octanol–water partition coefficient (Wildman–Crippen LogP) is 6.61. The van der Waals surface area contributed by atoms with E-state index >= 15 is 0 Å². The fraction of sp³-hybridized carbons (Fsp3) is 0.533. The Balaban J connectivity index is 1.71. The zero-order valence-electron chi connectivity index (χ0n) is 23.3. The first-order valence-corrected chi connectivity index (χ1v) is 14.1. The van der Waals surface area contributed by atoms with Gasteiger partial charge in [-0.1, -0.05) is 49.2 Å². The minimum absolute atomic E-state index is 0.0272. The number of piperazine rings is 1. The van der Waals surface area contributed by atoms with Crippen LogP contribution in [0.5, 0.6) is 0 Å². The molecule has 2 heterocycles. The van der Waals surface area contributed by atoms with E-state index in [1.807, 2.05) is 43.0 Å². The number of hydrogen-bond acceptors (Lipinski definition) is 3. The maximum atomic E-state index is 14.1. The van der Waals surface area contributed by atoms with Gasteiger partial charge in [-0.2, -0.15) is 13.2 Å². The average Bonchev–Trinajstić information content (AvgIpc) is 3.18. The van der Waals surface area contributed by atoms with E-state index in [4.69, 9.17) is 11.6 Å². The molecule has 6 nitrogen and oxygen atoms in total. The van der Waals surface area contributed by atoms with E-state index in [0.29, 0.717) is 25.8 Å². The quantitative estimate of drug-likeness (QED) is 0.402. The van der Waals surface area contributed by atoms with Gasteiger partial charge in [0.15, 0.2) is 0 Å². The topological polar surface area (TPSA) is 64.1 Å². The number of benzene rings is 2. The molecule has 1 unspecified atom stereocenters. The average molecular weight is 580 g/mol. The second-order valence-electron chi connectivity index (χ2n) is 11.1. The molecule has 3 amide bonds. The lowest BCUT2D eigenvalue weighted by Gasteiger charge is -2.47. The van der Waals surface area contributed by atoms with E-state index in [2.05, 4.69) is 0 Å². The van der Waals surface area contributed by atoms with Gasteiger partial charge < -0.3 is 19.8 Å². The summed E-state index contributed by atoms with van der Waals surface area (Å²) < 4.78 is 40.4. The summed E-state index contributed by atoms with van der Waals surface area (Å²) in [4.78, 5) is 32.9. The van der Waals surface area contributed by atoms with Crippen LogP contribution in [-0.2, 0) is 11.0 Å². The monoisotopic (exact) mass is 579 g/mol. The van der Waals surface area contributed by atoms with E-state index in [0.717, 1.165) is 29.7 Å². The summed E-state index contributed by atoms with van der Waals surface area (Å²) >= 11 is 6.04. The van der Waals surface area contributed by atoms with Crippen LogP contribution in [-0.4, -0.2) is 64.5 Å². The van der Waals surface area contributed by atoms with Crippen LogP contribution in [0.4, 0.5) is 18.0 Å². The summed E-state index contributed by atoms with van der Waals surface area (Å²) in [5, 5.41) is 9.80. The Morgan fingerprint density at radius 2 is 1.90 bits per heavy atom. The zero-order chi connectivity index (χ0) is 29.4. The molecule has 1 N–H and O–H groups in total. The van der Waals surface area contributed by atoms with Gasteiger partial charge in [0.2, 0.25) is 5.91 Å². The molecule has 0 aliphatic carbocycles. The molecule has 218 valence electrons. The Bertz CT molecular complexity index is 1250. The van der Waals surface area contributed by atoms with Crippen LogP contribution >= 0.6 is 11.6 Å². The molecule has 0 bridgehead atoms. The van der Waals surface area contributed by atoms with E-state index in [-0.39, 0.29) is 41.7 Å². The van der Waals surface area contributed by atoms with Crippen LogP contribution < -0.4 is 0 Å². The molecule has 2 aliphatic rings. The van der Waals surface area contributed by atoms with Crippen molar-refractivity contribution in [2.24, 2.45) is 5.41 Å². The number of rotatable bonds is 7. The molecule has 0 aromatic heterocycles. The molecule has 2 fully saturated rings. The molecule has 2 aromatic rings. The molecule has 2 aromatic carbocycles. The van der Waals surface area contributed by atoms with Crippen molar-refractivity contribution in [2.45, 2.75) is 70.8 Å². The van der Waals surface area contributed by atoms with Gasteiger partial charge in [0, 0.05) is 31.8 Å². The Labute approximate surface area is 238 Å². The van der Waals surface area contributed by atoms with Crippen molar-refractivity contribution < 1.29 is 27.9 Å². The molecule has 0 radical (unpaired) electrons. The van der Waals surface area contributed by atoms with Gasteiger partial charge in [-0.3, -0.25) is 4.79 Å². The van der Waals surface area contributed by atoms with Crippen molar-refractivity contribution in [3.63, 3.8) is 0 Å². The number of amides is 3. The van der Waals surface area contributed by atoms with Gasteiger partial charge in [-0.15, -0.1) is 0 Å². The molecular weight excluding hydrogens is 543 g/mol. The molecule has 0 spiro atoms. The highest BCUT2D eigenvalue weighted by Gasteiger charge is 2.56. The van der Waals surface area contributed by atoms with Gasteiger partial charge in [0.1, 0.15) is 0 Å². The Kier molecular flexibility index (Phi) is 8.76. The number of aryl methyl sites for hydroxylation is 1. The maximum absolute atomic E-state index is 14.1. The minimum atomic E-state index is -4.57. The fourth-order valence-electron chi connectivity index (χ4n) is 6.52. The second kappa shape index (κ2) is 11.6. The van der Waals surface area contributed by atoms with Crippen molar-refractivity contribution in [1.29, 1.82) is 0 Å². The summed E-state index contributed by atoms with van der Waals surface area (Å²) in [6, 6.07) is 9.37. The lowest BCUT2D eigenvalue weighted by atomic mass is 9.76. The Morgan fingerprint density at radius 1 is 1.20 bits per heavy atom. The first-order chi connectivity index (χ1) is 18.8. The van der Waals surface area contributed by atoms with Crippen molar-refractivity contribution in [1.82, 2.24) is 14.7 Å². The highest BCUT2D eigenvalue weighted by Crippen LogP contribution is 2.50. The summed E-state index contributed by atoms with van der Waals surface area (Å²) in [5.74, 6) is 0.0272. The summed E-state index contributed by atoms with van der Waals surface area (Å²) in [6.45, 7) is 6.21. The summed E-state index contributed by atoms with van der Waals surface area (Å²) in [5.41, 5.74) is 0.646. The van der Waals surface area contributed by atoms with Gasteiger partial charge in [0.05, 0.1) is 29.1 Å². The third-order valence-electron chi connectivity index (χ3n) is 8.68. The van der Waals surface area contributed by atoms with Crippen LogP contribution in [0, 0.1) is 12.3 Å². The number of fused-ring (bicyclic) bond motifs is 1. The number of hydrogen-bond donors (Lipinski definition) is 1. The van der Waals surface area contributed by atoms with Crippen LogP contribution in [0.3, 0.4) is 0 Å². The normalized spacial score (nSPS) is 23.8. The lowest BCUT2D eigenvalue weighted by Crippen LogP contribution is -2.57.